The Balaban J connectivity index is 1.43. The standard InChI is InChI=1S/C20H28N2O3/c1-25-10-6-2-3-9-19(23)21-17-13-20(24)22(14-17)18-11-15-7-4-5-8-16(15)12-18/h4-5,7-8,17-18H,2-3,6,9-14H2,1H3,(H,21,23)/t17-/m0/s1. The minimum Gasteiger partial charge on any atom is -0.385 e. The maximum atomic E-state index is 12.4. The summed E-state index contributed by atoms with van der Waals surface area (Å²) in [4.78, 5) is 26.4. The zero-order chi connectivity index (χ0) is 17.6. The van der Waals surface area contributed by atoms with Crippen LogP contribution in [0.2, 0.25) is 0 Å². The van der Waals surface area contributed by atoms with Gasteiger partial charge in [-0.25, -0.2) is 0 Å². The normalized spacial score (nSPS) is 20.1. The van der Waals surface area contributed by atoms with Crippen molar-refractivity contribution in [2.24, 2.45) is 0 Å². The van der Waals surface area contributed by atoms with E-state index in [0.717, 1.165) is 38.7 Å². The number of unbranched alkanes of at least 4 members (excludes halogenated alkanes) is 2. The monoisotopic (exact) mass is 344 g/mol. The molecule has 2 amide bonds. The molecule has 0 aromatic heterocycles. The van der Waals surface area contributed by atoms with Gasteiger partial charge in [-0.05, 0) is 36.8 Å². The molecule has 136 valence electrons. The van der Waals surface area contributed by atoms with Crippen LogP contribution in [0.25, 0.3) is 0 Å². The van der Waals surface area contributed by atoms with Crippen LogP contribution in [0, 0.1) is 0 Å². The Hall–Kier alpha value is -1.88. The predicted octanol–water partition coefficient (Wildman–Crippen LogP) is 2.08. The number of likely N-dealkylation sites (tertiary alicyclic amines) is 1. The second-order valence-corrected chi connectivity index (χ2v) is 7.15. The number of hydrogen-bond donors (Lipinski definition) is 1. The van der Waals surface area contributed by atoms with Crippen LogP contribution in [-0.2, 0) is 27.2 Å². The summed E-state index contributed by atoms with van der Waals surface area (Å²) in [6, 6.07) is 8.63. The molecule has 25 heavy (non-hydrogen) atoms. The van der Waals surface area contributed by atoms with Gasteiger partial charge in [-0.3, -0.25) is 9.59 Å². The molecule has 5 nitrogen and oxygen atoms in total. The highest BCUT2D eigenvalue weighted by Gasteiger charge is 2.37. The molecule has 1 aromatic rings. The highest BCUT2D eigenvalue weighted by molar-refractivity contribution is 5.82. The third-order valence-corrected chi connectivity index (χ3v) is 5.25. The van der Waals surface area contributed by atoms with Crippen LogP contribution in [0.5, 0.6) is 0 Å². The number of nitrogens with zero attached hydrogens (tertiary/aromatic N) is 1. The fraction of sp³-hybridized carbons (Fsp3) is 0.600. The van der Waals surface area contributed by atoms with Gasteiger partial charge in [0.1, 0.15) is 0 Å². The summed E-state index contributed by atoms with van der Waals surface area (Å²) in [6.07, 6.45) is 5.69. The van der Waals surface area contributed by atoms with Gasteiger partial charge in [-0.2, -0.15) is 0 Å². The number of rotatable bonds is 8. The summed E-state index contributed by atoms with van der Waals surface area (Å²) in [6.45, 7) is 1.39. The molecule has 1 atom stereocenters. The van der Waals surface area contributed by atoms with Crippen LogP contribution in [0.1, 0.15) is 43.2 Å². The molecule has 1 aliphatic heterocycles. The summed E-state index contributed by atoms with van der Waals surface area (Å²) in [5.41, 5.74) is 2.70. The van der Waals surface area contributed by atoms with Crippen LogP contribution < -0.4 is 5.32 Å². The lowest BCUT2D eigenvalue weighted by Crippen LogP contribution is -2.41. The van der Waals surface area contributed by atoms with E-state index in [1.165, 1.54) is 11.1 Å². The molecule has 1 N–H and O–H groups in total. The van der Waals surface area contributed by atoms with Crippen molar-refractivity contribution in [3.05, 3.63) is 35.4 Å². The molecule has 0 unspecified atom stereocenters. The molecule has 1 fully saturated rings. The van der Waals surface area contributed by atoms with E-state index in [4.69, 9.17) is 4.74 Å². The molecule has 1 aliphatic carbocycles. The number of hydrogen-bond acceptors (Lipinski definition) is 3. The fourth-order valence-electron chi connectivity index (χ4n) is 3.95. The summed E-state index contributed by atoms with van der Waals surface area (Å²) >= 11 is 0. The second kappa shape index (κ2) is 8.48. The first-order valence-corrected chi connectivity index (χ1v) is 9.32. The first-order valence-electron chi connectivity index (χ1n) is 9.32. The molecular weight excluding hydrogens is 316 g/mol. The first kappa shape index (κ1) is 17.9. The molecule has 0 bridgehead atoms. The average Bonchev–Trinajstić information content (AvgIpc) is 3.17. The maximum absolute atomic E-state index is 12.4. The topological polar surface area (TPSA) is 58.6 Å². The third kappa shape index (κ3) is 4.60. The first-order chi connectivity index (χ1) is 12.2. The van der Waals surface area contributed by atoms with Crippen molar-refractivity contribution in [2.45, 2.75) is 57.0 Å². The zero-order valence-electron chi connectivity index (χ0n) is 15.0. The molecule has 3 rings (SSSR count). The minimum absolute atomic E-state index is 0.0392. The number of carbonyl (C=O) groups is 2. The lowest BCUT2D eigenvalue weighted by molar-refractivity contribution is -0.129. The third-order valence-electron chi connectivity index (χ3n) is 5.25. The van der Waals surface area contributed by atoms with Gasteiger partial charge in [-0.1, -0.05) is 30.7 Å². The van der Waals surface area contributed by atoms with E-state index in [1.54, 1.807) is 7.11 Å². The van der Waals surface area contributed by atoms with Gasteiger partial charge in [-0.15, -0.1) is 0 Å². The minimum atomic E-state index is -0.0392. The molecule has 2 aliphatic rings. The average molecular weight is 344 g/mol. The highest BCUT2D eigenvalue weighted by atomic mass is 16.5. The Morgan fingerprint density at radius 2 is 1.88 bits per heavy atom. The number of benzene rings is 1. The molecular formula is C20H28N2O3. The van der Waals surface area contributed by atoms with Crippen molar-refractivity contribution >= 4 is 11.8 Å². The quantitative estimate of drug-likeness (QED) is 0.735. The van der Waals surface area contributed by atoms with E-state index in [-0.39, 0.29) is 23.9 Å². The Morgan fingerprint density at radius 1 is 1.16 bits per heavy atom. The molecule has 0 saturated carbocycles. The maximum Gasteiger partial charge on any atom is 0.225 e. The molecule has 0 radical (unpaired) electrons. The molecule has 1 aromatic carbocycles. The van der Waals surface area contributed by atoms with Crippen molar-refractivity contribution in [1.82, 2.24) is 10.2 Å². The summed E-state index contributed by atoms with van der Waals surface area (Å²) < 4.78 is 5.01. The van der Waals surface area contributed by atoms with Crippen molar-refractivity contribution < 1.29 is 14.3 Å². The largest absolute Gasteiger partial charge is 0.385 e. The number of nitrogens with one attached hydrogen (secondary N) is 1. The van der Waals surface area contributed by atoms with Crippen LogP contribution in [0.4, 0.5) is 0 Å². The van der Waals surface area contributed by atoms with E-state index >= 15 is 0 Å². The van der Waals surface area contributed by atoms with Gasteiger partial charge in [0.05, 0.1) is 6.04 Å². The number of ether oxygens (including phenoxy) is 1. The SMILES string of the molecule is COCCCCCC(=O)N[C@H]1CC(=O)N(C2Cc3ccccc3C2)C1. The van der Waals surface area contributed by atoms with E-state index < -0.39 is 0 Å². The Bertz CT molecular complexity index is 592. The van der Waals surface area contributed by atoms with Gasteiger partial charge in [0.15, 0.2) is 0 Å². The van der Waals surface area contributed by atoms with E-state index in [0.29, 0.717) is 19.4 Å². The van der Waals surface area contributed by atoms with Gasteiger partial charge >= 0.3 is 0 Å². The zero-order valence-corrected chi connectivity index (χ0v) is 15.0. The van der Waals surface area contributed by atoms with Gasteiger partial charge in [0.25, 0.3) is 0 Å². The van der Waals surface area contributed by atoms with Gasteiger partial charge < -0.3 is 15.0 Å². The number of fused-ring (bicyclic) bond motifs is 1. The molecule has 1 heterocycles. The summed E-state index contributed by atoms with van der Waals surface area (Å²) in [7, 11) is 1.69. The summed E-state index contributed by atoms with van der Waals surface area (Å²) in [5.74, 6) is 0.231. The van der Waals surface area contributed by atoms with Crippen LogP contribution in [0.15, 0.2) is 24.3 Å². The van der Waals surface area contributed by atoms with Crippen molar-refractivity contribution in [1.29, 1.82) is 0 Å². The number of amides is 2. The van der Waals surface area contributed by atoms with Crippen molar-refractivity contribution in [2.75, 3.05) is 20.3 Å². The number of methoxy groups -OCH3 is 1. The van der Waals surface area contributed by atoms with Crippen LogP contribution >= 0.6 is 0 Å². The smallest absolute Gasteiger partial charge is 0.225 e. The van der Waals surface area contributed by atoms with Crippen molar-refractivity contribution in [3.63, 3.8) is 0 Å². The van der Waals surface area contributed by atoms with Crippen LogP contribution in [-0.4, -0.2) is 49.1 Å². The van der Waals surface area contributed by atoms with Crippen molar-refractivity contribution in [3.8, 4) is 0 Å². The Morgan fingerprint density at radius 3 is 2.56 bits per heavy atom. The molecule has 1 saturated heterocycles. The highest BCUT2D eigenvalue weighted by Crippen LogP contribution is 2.28. The van der Waals surface area contributed by atoms with E-state index in [2.05, 4.69) is 29.6 Å². The Kier molecular flexibility index (Phi) is 6.08. The lowest BCUT2D eigenvalue weighted by Gasteiger charge is -2.24. The second-order valence-electron chi connectivity index (χ2n) is 7.15. The fourth-order valence-corrected chi connectivity index (χ4v) is 3.95. The predicted molar refractivity (Wildman–Crippen MR) is 96.2 cm³/mol. The lowest BCUT2D eigenvalue weighted by atomic mass is 10.1. The Labute approximate surface area is 149 Å². The van der Waals surface area contributed by atoms with Gasteiger partial charge in [0, 0.05) is 39.1 Å². The van der Waals surface area contributed by atoms with Crippen LogP contribution in [0.3, 0.4) is 0 Å². The summed E-state index contributed by atoms with van der Waals surface area (Å²) in [5, 5.41) is 3.04. The molecule has 5 heteroatoms. The van der Waals surface area contributed by atoms with E-state index in [9.17, 15) is 9.59 Å². The van der Waals surface area contributed by atoms with E-state index in [1.807, 2.05) is 4.90 Å². The number of carbonyl (C=O) groups excluding carboxylic acids is 2. The van der Waals surface area contributed by atoms with Gasteiger partial charge in [0.2, 0.25) is 11.8 Å². The molecule has 0 spiro atoms.